The van der Waals surface area contributed by atoms with Crippen LogP contribution in [0.15, 0.2) is 40.8 Å². The van der Waals surface area contributed by atoms with Crippen LogP contribution in [0.3, 0.4) is 0 Å². The molecule has 0 aliphatic heterocycles. The molecule has 1 aromatic carbocycles. The highest BCUT2D eigenvalue weighted by Gasteiger charge is 2.18. The van der Waals surface area contributed by atoms with Crippen molar-refractivity contribution in [1.29, 1.82) is 0 Å². The van der Waals surface area contributed by atoms with E-state index in [9.17, 15) is 14.7 Å². The summed E-state index contributed by atoms with van der Waals surface area (Å²) in [5.41, 5.74) is 1.62. The predicted octanol–water partition coefficient (Wildman–Crippen LogP) is 2.31. The summed E-state index contributed by atoms with van der Waals surface area (Å²) in [4.78, 5) is 23.8. The van der Waals surface area contributed by atoms with Crippen LogP contribution in [0.1, 0.15) is 48.1 Å². The molecule has 1 aromatic heterocycles. The molecule has 0 bridgehead atoms. The van der Waals surface area contributed by atoms with Gasteiger partial charge in [-0.3, -0.25) is 9.59 Å². The number of furan rings is 1. The second-order valence-electron chi connectivity index (χ2n) is 6.03. The van der Waals surface area contributed by atoms with E-state index in [-0.39, 0.29) is 12.6 Å². The Morgan fingerprint density at radius 2 is 1.84 bits per heavy atom. The Bertz CT molecular complexity index is 724. The minimum absolute atomic E-state index is 0.191. The third-order valence-corrected chi connectivity index (χ3v) is 4.00. The number of aliphatic hydroxyl groups is 1. The van der Waals surface area contributed by atoms with E-state index in [1.165, 1.54) is 0 Å². The van der Waals surface area contributed by atoms with Crippen LogP contribution in [0.4, 0.5) is 0 Å². The Hall–Kier alpha value is -2.60. The molecule has 0 saturated carbocycles. The minimum atomic E-state index is -0.746. The Balaban J connectivity index is 1.78. The monoisotopic (exact) mass is 344 g/mol. The van der Waals surface area contributed by atoms with Crippen LogP contribution in [0.5, 0.6) is 0 Å². The lowest BCUT2D eigenvalue weighted by molar-refractivity contribution is -0.139. The molecule has 25 heavy (non-hydrogen) atoms. The fourth-order valence-corrected chi connectivity index (χ4v) is 2.63. The molecule has 0 radical (unpaired) electrons. The molecule has 2 unspecified atom stereocenters. The van der Waals surface area contributed by atoms with E-state index >= 15 is 0 Å². The highest BCUT2D eigenvalue weighted by atomic mass is 16.3. The first kappa shape index (κ1) is 18.7. The lowest BCUT2D eigenvalue weighted by atomic mass is 10.1. The largest absolute Gasteiger partial charge is 0.466 e. The fourth-order valence-electron chi connectivity index (χ4n) is 2.63. The van der Waals surface area contributed by atoms with Gasteiger partial charge in [0.1, 0.15) is 11.5 Å². The number of aryl methyl sites for hydroxylation is 2. The van der Waals surface area contributed by atoms with Crippen LogP contribution in [-0.4, -0.2) is 23.5 Å². The fraction of sp³-hybridized carbons (Fsp3) is 0.368. The van der Waals surface area contributed by atoms with E-state index in [0.29, 0.717) is 17.7 Å². The topological polar surface area (TPSA) is 91.6 Å². The van der Waals surface area contributed by atoms with Gasteiger partial charge in [0.25, 0.3) is 0 Å². The molecule has 134 valence electrons. The van der Waals surface area contributed by atoms with Gasteiger partial charge in [-0.25, -0.2) is 0 Å². The maximum atomic E-state index is 11.9. The molecule has 2 atom stereocenters. The Kier molecular flexibility index (Phi) is 6.36. The number of nitrogens with one attached hydrogen (secondary N) is 2. The van der Waals surface area contributed by atoms with Gasteiger partial charge in [-0.1, -0.05) is 30.3 Å². The van der Waals surface area contributed by atoms with Crippen molar-refractivity contribution in [3.05, 3.63) is 59.0 Å². The van der Waals surface area contributed by atoms with Gasteiger partial charge in [-0.15, -0.1) is 0 Å². The van der Waals surface area contributed by atoms with Crippen molar-refractivity contribution < 1.29 is 19.1 Å². The molecule has 3 N–H and O–H groups in total. The van der Waals surface area contributed by atoms with Crippen LogP contribution >= 0.6 is 0 Å². The molecule has 0 aliphatic carbocycles. The summed E-state index contributed by atoms with van der Waals surface area (Å²) < 4.78 is 5.38. The number of benzene rings is 1. The standard InChI is InChI=1S/C19H24N2O4/c1-12-11-16(14(3)25-12)17(22)9-10-20-18(23)19(24)21-13(2)15-7-5-4-6-8-15/h4-8,11,13,17,22H,9-10H2,1-3H3,(H,20,23)(H,21,24). The molecule has 6 nitrogen and oxygen atoms in total. The summed E-state index contributed by atoms with van der Waals surface area (Å²) in [5.74, 6) is -0.0214. The highest BCUT2D eigenvalue weighted by Crippen LogP contribution is 2.23. The zero-order chi connectivity index (χ0) is 18.4. The average molecular weight is 344 g/mol. The third kappa shape index (κ3) is 5.19. The maximum Gasteiger partial charge on any atom is 0.309 e. The number of aliphatic hydroxyl groups excluding tert-OH is 1. The quantitative estimate of drug-likeness (QED) is 0.701. The van der Waals surface area contributed by atoms with Gasteiger partial charge < -0.3 is 20.2 Å². The Labute approximate surface area is 147 Å². The molecule has 6 heteroatoms. The van der Waals surface area contributed by atoms with Crippen molar-refractivity contribution in [2.45, 2.75) is 39.3 Å². The summed E-state index contributed by atoms with van der Waals surface area (Å²) in [6.07, 6.45) is -0.448. The van der Waals surface area contributed by atoms with E-state index in [0.717, 1.165) is 11.3 Å². The van der Waals surface area contributed by atoms with Crippen LogP contribution in [0.2, 0.25) is 0 Å². The number of rotatable bonds is 6. The zero-order valence-corrected chi connectivity index (χ0v) is 14.7. The van der Waals surface area contributed by atoms with Crippen LogP contribution < -0.4 is 10.6 Å². The van der Waals surface area contributed by atoms with Crippen molar-refractivity contribution in [3.8, 4) is 0 Å². The van der Waals surface area contributed by atoms with Gasteiger partial charge in [-0.05, 0) is 38.8 Å². The molecular weight excluding hydrogens is 320 g/mol. The smallest absolute Gasteiger partial charge is 0.309 e. The normalized spacial score (nSPS) is 13.1. The molecule has 0 fully saturated rings. The number of carbonyl (C=O) groups excluding carboxylic acids is 2. The first-order valence-corrected chi connectivity index (χ1v) is 8.27. The molecule has 1 heterocycles. The van der Waals surface area contributed by atoms with Crippen molar-refractivity contribution in [1.82, 2.24) is 10.6 Å². The molecule has 2 aromatic rings. The first-order chi connectivity index (χ1) is 11.9. The summed E-state index contributed by atoms with van der Waals surface area (Å²) in [7, 11) is 0. The van der Waals surface area contributed by atoms with E-state index < -0.39 is 17.9 Å². The molecule has 2 rings (SSSR count). The van der Waals surface area contributed by atoms with Crippen molar-refractivity contribution in [2.75, 3.05) is 6.54 Å². The minimum Gasteiger partial charge on any atom is -0.466 e. The SMILES string of the molecule is Cc1cc(C(O)CCNC(=O)C(=O)NC(C)c2ccccc2)c(C)o1. The average Bonchev–Trinajstić information content (AvgIpc) is 2.93. The molecule has 0 aliphatic rings. The van der Waals surface area contributed by atoms with Gasteiger partial charge >= 0.3 is 11.8 Å². The highest BCUT2D eigenvalue weighted by molar-refractivity contribution is 6.35. The summed E-state index contributed by atoms with van der Waals surface area (Å²) in [6.45, 7) is 5.59. The lowest BCUT2D eigenvalue weighted by Crippen LogP contribution is -2.41. The summed E-state index contributed by atoms with van der Waals surface area (Å²) in [5, 5.41) is 15.3. The predicted molar refractivity (Wildman–Crippen MR) is 93.8 cm³/mol. The van der Waals surface area contributed by atoms with E-state index in [4.69, 9.17) is 4.42 Å². The van der Waals surface area contributed by atoms with E-state index in [2.05, 4.69) is 10.6 Å². The Morgan fingerprint density at radius 1 is 1.16 bits per heavy atom. The number of carbonyl (C=O) groups is 2. The van der Waals surface area contributed by atoms with Gasteiger partial charge in [0.15, 0.2) is 0 Å². The van der Waals surface area contributed by atoms with Crippen LogP contribution in [0, 0.1) is 13.8 Å². The van der Waals surface area contributed by atoms with E-state index in [1.807, 2.05) is 44.2 Å². The number of hydrogen-bond donors (Lipinski definition) is 3. The zero-order valence-electron chi connectivity index (χ0n) is 14.7. The van der Waals surface area contributed by atoms with Gasteiger partial charge in [0, 0.05) is 12.1 Å². The molecule has 0 saturated heterocycles. The third-order valence-electron chi connectivity index (χ3n) is 4.00. The lowest BCUT2D eigenvalue weighted by Gasteiger charge is -2.14. The first-order valence-electron chi connectivity index (χ1n) is 8.27. The molecule has 0 spiro atoms. The second-order valence-corrected chi connectivity index (χ2v) is 6.03. The van der Waals surface area contributed by atoms with Crippen LogP contribution in [0.25, 0.3) is 0 Å². The maximum absolute atomic E-state index is 11.9. The van der Waals surface area contributed by atoms with Gasteiger partial charge in [0.05, 0.1) is 12.1 Å². The molecular formula is C19H24N2O4. The molecule has 2 amide bonds. The van der Waals surface area contributed by atoms with Crippen LogP contribution in [-0.2, 0) is 9.59 Å². The Morgan fingerprint density at radius 3 is 2.44 bits per heavy atom. The van der Waals surface area contributed by atoms with Crippen molar-refractivity contribution in [2.24, 2.45) is 0 Å². The van der Waals surface area contributed by atoms with Crippen molar-refractivity contribution >= 4 is 11.8 Å². The number of hydrogen-bond acceptors (Lipinski definition) is 4. The van der Waals surface area contributed by atoms with Gasteiger partial charge in [-0.2, -0.15) is 0 Å². The van der Waals surface area contributed by atoms with E-state index in [1.54, 1.807) is 13.0 Å². The van der Waals surface area contributed by atoms with Gasteiger partial charge in [0.2, 0.25) is 0 Å². The second kappa shape index (κ2) is 8.48. The summed E-state index contributed by atoms with van der Waals surface area (Å²) in [6, 6.07) is 10.9. The summed E-state index contributed by atoms with van der Waals surface area (Å²) >= 11 is 0. The van der Waals surface area contributed by atoms with Crippen molar-refractivity contribution in [3.63, 3.8) is 0 Å². The number of amides is 2.